The molecule has 130 valence electrons. The van der Waals surface area contributed by atoms with E-state index >= 15 is 0 Å². The fourth-order valence-corrected chi connectivity index (χ4v) is 4.44. The number of amides is 1. The lowest BCUT2D eigenvalue weighted by Gasteiger charge is -2.32. The van der Waals surface area contributed by atoms with E-state index in [1.807, 2.05) is 24.3 Å². The van der Waals surface area contributed by atoms with E-state index in [1.54, 1.807) is 7.11 Å². The molecule has 1 aromatic carbocycles. The van der Waals surface area contributed by atoms with E-state index in [2.05, 4.69) is 17.1 Å². The van der Waals surface area contributed by atoms with Crippen LogP contribution in [0.5, 0.6) is 5.75 Å². The van der Waals surface area contributed by atoms with Crippen molar-refractivity contribution in [3.05, 3.63) is 24.3 Å². The first-order valence-corrected chi connectivity index (χ1v) is 9.32. The van der Waals surface area contributed by atoms with Crippen LogP contribution < -0.4 is 15.0 Å². The second-order valence-corrected chi connectivity index (χ2v) is 7.85. The van der Waals surface area contributed by atoms with Crippen molar-refractivity contribution in [2.24, 2.45) is 17.3 Å². The van der Waals surface area contributed by atoms with E-state index in [-0.39, 0.29) is 11.3 Å². The minimum atomic E-state index is 0.225. The average Bonchev–Trinajstić information content (AvgIpc) is 3.52. The largest absolute Gasteiger partial charge is 0.497 e. The second-order valence-electron chi connectivity index (χ2n) is 7.85. The zero-order valence-corrected chi connectivity index (χ0v) is 14.8. The number of ether oxygens (including phenoxy) is 1. The molecule has 0 bridgehead atoms. The summed E-state index contributed by atoms with van der Waals surface area (Å²) in [6, 6.07) is 8.29. The molecule has 2 saturated carbocycles. The summed E-state index contributed by atoms with van der Waals surface area (Å²) in [5.74, 6) is 2.08. The van der Waals surface area contributed by atoms with Gasteiger partial charge in [0.15, 0.2) is 0 Å². The van der Waals surface area contributed by atoms with E-state index in [9.17, 15) is 4.79 Å². The molecule has 1 N–H and O–H groups in total. The van der Waals surface area contributed by atoms with Crippen LogP contribution in [0.15, 0.2) is 24.3 Å². The number of carbonyl (C=O) groups excluding carboxylic acids is 1. The summed E-state index contributed by atoms with van der Waals surface area (Å²) in [6.07, 6.45) is 5.88. The number of carbonyl (C=O) groups is 1. The molecule has 3 aliphatic rings. The molecule has 2 aliphatic carbocycles. The molecule has 2 unspecified atom stereocenters. The maximum Gasteiger partial charge on any atom is 0.230 e. The third kappa shape index (κ3) is 2.81. The first-order valence-electron chi connectivity index (χ1n) is 9.32. The molecule has 1 spiro atoms. The van der Waals surface area contributed by atoms with Crippen molar-refractivity contribution in [1.82, 2.24) is 5.32 Å². The van der Waals surface area contributed by atoms with Gasteiger partial charge in [-0.15, -0.1) is 0 Å². The van der Waals surface area contributed by atoms with Crippen LogP contribution in [0, 0.1) is 17.3 Å². The van der Waals surface area contributed by atoms with E-state index in [0.717, 1.165) is 43.8 Å². The Balaban J connectivity index is 1.57. The van der Waals surface area contributed by atoms with Crippen LogP contribution in [-0.2, 0) is 4.79 Å². The molecule has 2 atom stereocenters. The number of hydrogen-bond acceptors (Lipinski definition) is 3. The highest BCUT2D eigenvalue weighted by atomic mass is 16.5. The van der Waals surface area contributed by atoms with Gasteiger partial charge in [-0.3, -0.25) is 4.79 Å². The second kappa shape index (κ2) is 6.07. The Morgan fingerprint density at radius 2 is 1.92 bits per heavy atom. The van der Waals surface area contributed by atoms with Crippen molar-refractivity contribution in [1.29, 1.82) is 0 Å². The van der Waals surface area contributed by atoms with Crippen LogP contribution in [0.3, 0.4) is 0 Å². The molecule has 1 aliphatic heterocycles. The lowest BCUT2D eigenvalue weighted by molar-refractivity contribution is -0.121. The van der Waals surface area contributed by atoms with E-state index in [1.165, 1.54) is 12.8 Å². The summed E-state index contributed by atoms with van der Waals surface area (Å²) < 4.78 is 5.27. The predicted molar refractivity (Wildman–Crippen MR) is 95.3 cm³/mol. The molecular formula is C20H28N2O2. The van der Waals surface area contributed by atoms with Crippen molar-refractivity contribution in [3.8, 4) is 5.75 Å². The highest BCUT2D eigenvalue weighted by Crippen LogP contribution is 2.59. The fourth-order valence-electron chi connectivity index (χ4n) is 4.44. The van der Waals surface area contributed by atoms with Gasteiger partial charge in [-0.1, -0.05) is 0 Å². The molecule has 4 rings (SSSR count). The molecule has 24 heavy (non-hydrogen) atoms. The van der Waals surface area contributed by atoms with E-state index in [4.69, 9.17) is 4.74 Å². The number of methoxy groups -OCH3 is 1. The van der Waals surface area contributed by atoms with Gasteiger partial charge in [0.1, 0.15) is 5.75 Å². The molecule has 1 aromatic rings. The predicted octanol–water partition coefficient (Wildman–Crippen LogP) is 3.22. The van der Waals surface area contributed by atoms with Gasteiger partial charge in [0.25, 0.3) is 0 Å². The lowest BCUT2D eigenvalue weighted by Crippen LogP contribution is -2.42. The van der Waals surface area contributed by atoms with Crippen molar-refractivity contribution in [2.75, 3.05) is 25.1 Å². The van der Waals surface area contributed by atoms with Gasteiger partial charge in [0, 0.05) is 17.6 Å². The van der Waals surface area contributed by atoms with Crippen LogP contribution >= 0.6 is 0 Å². The summed E-state index contributed by atoms with van der Waals surface area (Å²) >= 11 is 0. The number of piperidine rings is 1. The van der Waals surface area contributed by atoms with Crippen molar-refractivity contribution < 1.29 is 9.53 Å². The number of hydrogen-bond donors (Lipinski definition) is 1. The van der Waals surface area contributed by atoms with Gasteiger partial charge in [0.2, 0.25) is 5.91 Å². The van der Waals surface area contributed by atoms with Crippen LogP contribution in [0.2, 0.25) is 0 Å². The number of nitrogens with one attached hydrogen (secondary N) is 1. The van der Waals surface area contributed by atoms with Crippen molar-refractivity contribution in [2.45, 2.75) is 45.1 Å². The maximum atomic E-state index is 13.4. The first kappa shape index (κ1) is 15.9. The Bertz CT molecular complexity index is 603. The number of benzene rings is 1. The Kier molecular flexibility index (Phi) is 4.03. The molecule has 0 aromatic heterocycles. The SMILES string of the molecule is COc1ccc(N(C(=O)C2CC23CCNCC3)C(C)C2CC2)cc1. The molecule has 4 nitrogen and oxygen atoms in total. The van der Waals surface area contributed by atoms with E-state index in [0.29, 0.717) is 17.9 Å². The minimum absolute atomic E-state index is 0.225. The van der Waals surface area contributed by atoms with Gasteiger partial charge in [-0.25, -0.2) is 0 Å². The average molecular weight is 328 g/mol. The summed E-state index contributed by atoms with van der Waals surface area (Å²) in [5.41, 5.74) is 1.31. The van der Waals surface area contributed by atoms with E-state index < -0.39 is 0 Å². The molecule has 1 amide bonds. The fraction of sp³-hybridized carbons (Fsp3) is 0.650. The molecule has 1 saturated heterocycles. The maximum absolute atomic E-state index is 13.4. The van der Waals surface area contributed by atoms with Gasteiger partial charge in [0.05, 0.1) is 7.11 Å². The monoisotopic (exact) mass is 328 g/mol. The van der Waals surface area contributed by atoms with Crippen molar-refractivity contribution >= 4 is 11.6 Å². The summed E-state index contributed by atoms with van der Waals surface area (Å²) in [5, 5.41) is 3.43. The van der Waals surface area contributed by atoms with Crippen LogP contribution in [0.4, 0.5) is 5.69 Å². The highest BCUT2D eigenvalue weighted by molar-refractivity contribution is 5.98. The quantitative estimate of drug-likeness (QED) is 0.902. The molecule has 4 heteroatoms. The third-order valence-corrected chi connectivity index (χ3v) is 6.39. The van der Waals surface area contributed by atoms with Gasteiger partial charge in [-0.2, -0.15) is 0 Å². The van der Waals surface area contributed by atoms with Crippen LogP contribution in [0.25, 0.3) is 0 Å². The normalized spacial score (nSPS) is 26.0. The molecule has 0 radical (unpaired) electrons. The zero-order chi connectivity index (χ0) is 16.7. The van der Waals surface area contributed by atoms with Crippen LogP contribution in [0.1, 0.15) is 39.0 Å². The lowest BCUT2D eigenvalue weighted by atomic mass is 9.91. The van der Waals surface area contributed by atoms with Gasteiger partial charge < -0.3 is 15.0 Å². The summed E-state index contributed by atoms with van der Waals surface area (Å²) in [4.78, 5) is 15.5. The third-order valence-electron chi connectivity index (χ3n) is 6.39. The first-order chi connectivity index (χ1) is 11.6. The van der Waals surface area contributed by atoms with Crippen molar-refractivity contribution in [3.63, 3.8) is 0 Å². The molecule has 1 heterocycles. The zero-order valence-electron chi connectivity index (χ0n) is 14.8. The standard InChI is InChI=1S/C20H28N2O2/c1-14(15-3-4-15)22(16-5-7-17(24-2)8-6-16)19(23)18-13-20(18)9-11-21-12-10-20/h5-8,14-15,18,21H,3-4,9-13H2,1-2H3. The Labute approximate surface area is 144 Å². The van der Waals surface area contributed by atoms with Gasteiger partial charge >= 0.3 is 0 Å². The number of anilines is 1. The molecule has 3 fully saturated rings. The Hall–Kier alpha value is -1.55. The minimum Gasteiger partial charge on any atom is -0.497 e. The Morgan fingerprint density at radius 3 is 2.50 bits per heavy atom. The molecular weight excluding hydrogens is 300 g/mol. The number of rotatable bonds is 5. The smallest absolute Gasteiger partial charge is 0.230 e. The summed E-state index contributed by atoms with van der Waals surface area (Å²) in [6.45, 7) is 4.34. The highest BCUT2D eigenvalue weighted by Gasteiger charge is 2.59. The number of nitrogens with zero attached hydrogens (tertiary/aromatic N) is 1. The van der Waals surface area contributed by atoms with Gasteiger partial charge in [-0.05, 0) is 87.7 Å². The van der Waals surface area contributed by atoms with Crippen LogP contribution in [-0.4, -0.2) is 32.1 Å². The topological polar surface area (TPSA) is 41.6 Å². The Morgan fingerprint density at radius 1 is 1.25 bits per heavy atom. The summed E-state index contributed by atoms with van der Waals surface area (Å²) in [7, 11) is 1.68.